The van der Waals surface area contributed by atoms with E-state index in [1.807, 2.05) is 6.92 Å². The van der Waals surface area contributed by atoms with Crippen molar-refractivity contribution in [3.8, 4) is 0 Å². The SMILES string of the molecule is CCC(C)C(NC(=O)C(N)CCCN=C(N)N)C(=O)NC(CCSC)C(=O)NC(CC(N)=O)C(=O)O. The van der Waals surface area contributed by atoms with Gasteiger partial charge in [-0.25, -0.2) is 4.79 Å². The maximum atomic E-state index is 13.1. The van der Waals surface area contributed by atoms with Crippen LogP contribution in [0.25, 0.3) is 0 Å². The summed E-state index contributed by atoms with van der Waals surface area (Å²) in [5.41, 5.74) is 21.5. The number of carboxylic acid groups (broad SMARTS) is 1. The number of primary amides is 1. The molecule has 14 nitrogen and oxygen atoms in total. The third-order valence-electron chi connectivity index (χ3n) is 5.36. The zero-order chi connectivity index (χ0) is 27.8. The molecule has 0 rings (SSSR count). The zero-order valence-corrected chi connectivity index (χ0v) is 21.8. The Balaban J connectivity index is 5.43. The molecule has 0 radical (unpaired) electrons. The standard InChI is InChI=1S/C21H40N8O6S/c1-4-11(2)16(29-17(31)12(22)6-5-8-26-21(24)25)19(33)27-13(7-9-36-3)18(32)28-14(20(34)35)10-15(23)30/h11-14,16H,4-10,22H2,1-3H3,(H2,23,30)(H,27,33)(H,28,32)(H,29,31)(H,34,35)(H4,24,25,26). The van der Waals surface area contributed by atoms with Crippen LogP contribution in [0, 0.1) is 5.92 Å². The number of hydrogen-bond acceptors (Lipinski definition) is 8. The number of carboxylic acids is 1. The van der Waals surface area contributed by atoms with E-state index in [1.165, 1.54) is 11.8 Å². The van der Waals surface area contributed by atoms with Gasteiger partial charge in [-0.1, -0.05) is 20.3 Å². The molecule has 5 atom stereocenters. The van der Waals surface area contributed by atoms with Crippen LogP contribution in [0.2, 0.25) is 0 Å². The average molecular weight is 533 g/mol. The number of aliphatic carboxylic acids is 1. The highest BCUT2D eigenvalue weighted by Crippen LogP contribution is 2.11. The molecule has 0 spiro atoms. The molecule has 0 aromatic rings. The number of nitrogens with two attached hydrogens (primary N) is 4. The van der Waals surface area contributed by atoms with Gasteiger partial charge in [0.15, 0.2) is 5.96 Å². The summed E-state index contributed by atoms with van der Waals surface area (Å²) in [6.45, 7) is 3.91. The molecular formula is C21H40N8O6S. The van der Waals surface area contributed by atoms with Crippen molar-refractivity contribution in [3.05, 3.63) is 0 Å². The van der Waals surface area contributed by atoms with Crippen LogP contribution in [0.15, 0.2) is 4.99 Å². The lowest BCUT2D eigenvalue weighted by Crippen LogP contribution is -2.58. The molecule has 0 heterocycles. The molecule has 12 N–H and O–H groups in total. The van der Waals surface area contributed by atoms with Gasteiger partial charge >= 0.3 is 5.97 Å². The number of carbonyl (C=O) groups is 5. The Morgan fingerprint density at radius 1 is 0.944 bits per heavy atom. The van der Waals surface area contributed by atoms with E-state index in [1.54, 1.807) is 13.2 Å². The van der Waals surface area contributed by atoms with Crippen molar-refractivity contribution in [2.45, 2.75) is 70.1 Å². The van der Waals surface area contributed by atoms with E-state index in [0.29, 0.717) is 25.1 Å². The molecule has 0 saturated carbocycles. The number of guanidine groups is 1. The highest BCUT2D eigenvalue weighted by molar-refractivity contribution is 7.98. The predicted octanol–water partition coefficient (Wildman–Crippen LogP) is -2.42. The molecule has 36 heavy (non-hydrogen) atoms. The van der Waals surface area contributed by atoms with E-state index >= 15 is 0 Å². The van der Waals surface area contributed by atoms with Gasteiger partial charge in [0.1, 0.15) is 18.1 Å². The summed E-state index contributed by atoms with van der Waals surface area (Å²) in [4.78, 5) is 64.9. The van der Waals surface area contributed by atoms with Crippen molar-refractivity contribution in [3.63, 3.8) is 0 Å². The summed E-state index contributed by atoms with van der Waals surface area (Å²) >= 11 is 1.42. The van der Waals surface area contributed by atoms with Gasteiger partial charge in [0.2, 0.25) is 23.6 Å². The Kier molecular flexibility index (Phi) is 15.9. The fourth-order valence-corrected chi connectivity index (χ4v) is 3.52. The molecule has 5 unspecified atom stereocenters. The first-order valence-electron chi connectivity index (χ1n) is 11.6. The molecule has 206 valence electrons. The number of nitrogens with zero attached hydrogens (tertiary/aromatic N) is 1. The summed E-state index contributed by atoms with van der Waals surface area (Å²) in [6, 6.07) is -4.53. The summed E-state index contributed by atoms with van der Waals surface area (Å²) < 4.78 is 0. The Morgan fingerprint density at radius 2 is 1.56 bits per heavy atom. The molecule has 0 aliphatic rings. The number of amides is 4. The van der Waals surface area contributed by atoms with Crippen molar-refractivity contribution >= 4 is 47.3 Å². The number of carbonyl (C=O) groups excluding carboxylic acids is 4. The quantitative estimate of drug-likeness (QED) is 0.0526. The van der Waals surface area contributed by atoms with E-state index in [2.05, 4.69) is 20.9 Å². The van der Waals surface area contributed by atoms with Crippen molar-refractivity contribution in [2.75, 3.05) is 18.6 Å². The summed E-state index contributed by atoms with van der Waals surface area (Å²) in [5.74, 6) is -4.16. The third-order valence-corrected chi connectivity index (χ3v) is 6.01. The van der Waals surface area contributed by atoms with E-state index < -0.39 is 60.2 Å². The van der Waals surface area contributed by atoms with Crippen LogP contribution in [0.3, 0.4) is 0 Å². The van der Waals surface area contributed by atoms with Crippen LogP contribution in [-0.4, -0.2) is 83.4 Å². The number of hydrogen-bond donors (Lipinski definition) is 8. The Labute approximate surface area is 215 Å². The lowest BCUT2D eigenvalue weighted by atomic mass is 9.97. The lowest BCUT2D eigenvalue weighted by molar-refractivity contribution is -0.143. The van der Waals surface area contributed by atoms with Crippen molar-refractivity contribution < 1.29 is 29.1 Å². The van der Waals surface area contributed by atoms with Crippen LogP contribution in [-0.2, 0) is 24.0 Å². The van der Waals surface area contributed by atoms with Gasteiger partial charge in [0.05, 0.1) is 12.5 Å². The first-order chi connectivity index (χ1) is 16.8. The lowest BCUT2D eigenvalue weighted by Gasteiger charge is -2.28. The van der Waals surface area contributed by atoms with Gasteiger partial charge in [0, 0.05) is 6.54 Å². The fourth-order valence-electron chi connectivity index (χ4n) is 3.05. The predicted molar refractivity (Wildman–Crippen MR) is 138 cm³/mol. The highest BCUT2D eigenvalue weighted by atomic mass is 32.2. The smallest absolute Gasteiger partial charge is 0.326 e. The molecule has 0 aromatic heterocycles. The Bertz CT molecular complexity index is 792. The molecule has 0 fully saturated rings. The molecule has 4 amide bonds. The van der Waals surface area contributed by atoms with Crippen LogP contribution < -0.4 is 38.9 Å². The first-order valence-corrected chi connectivity index (χ1v) is 12.9. The van der Waals surface area contributed by atoms with Gasteiger partial charge in [-0.3, -0.25) is 24.2 Å². The van der Waals surface area contributed by atoms with Crippen molar-refractivity contribution in [2.24, 2.45) is 33.8 Å². The molecule has 0 bridgehead atoms. The normalized spacial score (nSPS) is 14.9. The number of nitrogens with one attached hydrogen (secondary N) is 3. The molecular weight excluding hydrogens is 492 g/mol. The van der Waals surface area contributed by atoms with Gasteiger partial charge in [0.25, 0.3) is 0 Å². The minimum absolute atomic E-state index is 0.0640. The first kappa shape index (κ1) is 32.9. The van der Waals surface area contributed by atoms with E-state index in [4.69, 9.17) is 22.9 Å². The van der Waals surface area contributed by atoms with Crippen molar-refractivity contribution in [1.29, 1.82) is 0 Å². The summed E-state index contributed by atoms with van der Waals surface area (Å²) in [7, 11) is 0. The number of aliphatic imine (C=N–C) groups is 1. The second-order valence-corrected chi connectivity index (χ2v) is 9.33. The van der Waals surface area contributed by atoms with Gasteiger partial charge in [-0.05, 0) is 37.2 Å². The zero-order valence-electron chi connectivity index (χ0n) is 21.0. The molecule has 0 saturated heterocycles. The number of rotatable bonds is 18. The Morgan fingerprint density at radius 3 is 2.06 bits per heavy atom. The van der Waals surface area contributed by atoms with Gasteiger partial charge in [-0.2, -0.15) is 11.8 Å². The number of thioether (sulfide) groups is 1. The van der Waals surface area contributed by atoms with Crippen LogP contribution in [0.4, 0.5) is 0 Å². The molecule has 0 aliphatic carbocycles. The maximum absolute atomic E-state index is 13.1. The highest BCUT2D eigenvalue weighted by Gasteiger charge is 2.32. The Hall–Kier alpha value is -3.07. The monoisotopic (exact) mass is 532 g/mol. The largest absolute Gasteiger partial charge is 0.480 e. The van der Waals surface area contributed by atoms with E-state index in [-0.39, 0.29) is 24.7 Å². The summed E-state index contributed by atoms with van der Waals surface area (Å²) in [6.07, 6.45) is 2.68. The molecule has 0 aromatic carbocycles. The van der Waals surface area contributed by atoms with Gasteiger partial charge in [-0.15, -0.1) is 0 Å². The van der Waals surface area contributed by atoms with E-state index in [0.717, 1.165) is 0 Å². The minimum atomic E-state index is -1.54. The summed E-state index contributed by atoms with van der Waals surface area (Å²) in [5, 5.41) is 16.8. The maximum Gasteiger partial charge on any atom is 0.326 e. The third kappa shape index (κ3) is 13.1. The molecule has 0 aliphatic heterocycles. The second kappa shape index (κ2) is 17.4. The topological polar surface area (TPSA) is 258 Å². The van der Waals surface area contributed by atoms with Crippen LogP contribution in [0.1, 0.15) is 46.0 Å². The second-order valence-electron chi connectivity index (χ2n) is 8.34. The molecule has 15 heteroatoms. The van der Waals surface area contributed by atoms with Crippen molar-refractivity contribution in [1.82, 2.24) is 16.0 Å². The minimum Gasteiger partial charge on any atom is -0.480 e. The average Bonchev–Trinajstić information content (AvgIpc) is 2.80. The van der Waals surface area contributed by atoms with Crippen LogP contribution >= 0.6 is 11.8 Å². The fraction of sp³-hybridized carbons (Fsp3) is 0.714. The van der Waals surface area contributed by atoms with E-state index in [9.17, 15) is 29.1 Å². The van der Waals surface area contributed by atoms with Gasteiger partial charge < -0.3 is 44.0 Å². The van der Waals surface area contributed by atoms with Crippen LogP contribution in [0.5, 0.6) is 0 Å².